The maximum absolute atomic E-state index is 8.80. The minimum absolute atomic E-state index is 0.213. The first-order valence-electron chi connectivity index (χ1n) is 4.88. The summed E-state index contributed by atoms with van der Waals surface area (Å²) < 4.78 is 5.07. The van der Waals surface area contributed by atoms with E-state index in [0.717, 1.165) is 22.8 Å². The number of nitrogens with two attached hydrogens (primary N) is 1. The molecular formula is C11H17NO2S. The zero-order valence-electron chi connectivity index (χ0n) is 9.06. The van der Waals surface area contributed by atoms with Crippen LogP contribution in [0.2, 0.25) is 0 Å². The van der Waals surface area contributed by atoms with Crippen LogP contribution >= 0.6 is 11.8 Å². The number of hydrogen-bond acceptors (Lipinski definition) is 4. The summed E-state index contributed by atoms with van der Waals surface area (Å²) >= 11 is 1.67. The van der Waals surface area contributed by atoms with E-state index in [1.807, 2.05) is 18.2 Å². The van der Waals surface area contributed by atoms with Gasteiger partial charge < -0.3 is 15.6 Å². The second-order valence-corrected chi connectivity index (χ2v) is 4.82. The number of ether oxygens (including phenoxy) is 1. The molecule has 1 atom stereocenters. The van der Waals surface area contributed by atoms with E-state index in [1.54, 1.807) is 18.9 Å². The van der Waals surface area contributed by atoms with Gasteiger partial charge in [0.25, 0.3) is 0 Å². The highest BCUT2D eigenvalue weighted by atomic mass is 32.2. The molecule has 0 bridgehead atoms. The van der Waals surface area contributed by atoms with Crippen molar-refractivity contribution in [2.24, 2.45) is 0 Å². The van der Waals surface area contributed by atoms with Crippen molar-refractivity contribution < 1.29 is 9.84 Å². The van der Waals surface area contributed by atoms with Crippen molar-refractivity contribution in [2.45, 2.75) is 23.5 Å². The normalized spacial score (nSPS) is 12.5. The van der Waals surface area contributed by atoms with Gasteiger partial charge in [0.15, 0.2) is 0 Å². The van der Waals surface area contributed by atoms with Crippen LogP contribution in [0.1, 0.15) is 13.3 Å². The van der Waals surface area contributed by atoms with Gasteiger partial charge in [-0.1, -0.05) is 6.92 Å². The maximum atomic E-state index is 8.80. The summed E-state index contributed by atoms with van der Waals surface area (Å²) in [5.41, 5.74) is 6.60. The Kier molecular flexibility index (Phi) is 4.78. The Morgan fingerprint density at radius 1 is 1.53 bits per heavy atom. The van der Waals surface area contributed by atoms with E-state index in [0.29, 0.717) is 5.25 Å². The quantitative estimate of drug-likeness (QED) is 0.597. The van der Waals surface area contributed by atoms with Gasteiger partial charge in [-0.2, -0.15) is 0 Å². The van der Waals surface area contributed by atoms with Crippen LogP contribution in [-0.2, 0) is 0 Å². The standard InChI is InChI=1S/C11H17NO2S/c1-8(5-6-13)15-11-4-3-9(14-2)7-10(11)12/h3-4,7-8,13H,5-6,12H2,1-2H3. The molecule has 0 aromatic heterocycles. The number of thioether (sulfide) groups is 1. The second kappa shape index (κ2) is 5.88. The second-order valence-electron chi connectivity index (χ2n) is 3.34. The lowest BCUT2D eigenvalue weighted by molar-refractivity contribution is 0.289. The molecule has 15 heavy (non-hydrogen) atoms. The van der Waals surface area contributed by atoms with E-state index in [9.17, 15) is 0 Å². The Morgan fingerprint density at radius 3 is 2.80 bits per heavy atom. The molecule has 0 aliphatic rings. The highest BCUT2D eigenvalue weighted by Gasteiger charge is 2.07. The lowest BCUT2D eigenvalue weighted by Gasteiger charge is -2.12. The van der Waals surface area contributed by atoms with Crippen LogP contribution in [0.5, 0.6) is 5.75 Å². The number of anilines is 1. The molecule has 1 aromatic rings. The fourth-order valence-corrected chi connectivity index (χ4v) is 2.22. The number of aliphatic hydroxyl groups excluding tert-OH is 1. The smallest absolute Gasteiger partial charge is 0.120 e. The van der Waals surface area contributed by atoms with Gasteiger partial charge in [-0.3, -0.25) is 0 Å². The van der Waals surface area contributed by atoms with E-state index in [1.165, 1.54) is 0 Å². The number of nitrogen functional groups attached to an aromatic ring is 1. The van der Waals surface area contributed by atoms with E-state index in [2.05, 4.69) is 6.92 Å². The van der Waals surface area contributed by atoms with Crippen molar-refractivity contribution in [1.82, 2.24) is 0 Å². The Labute approximate surface area is 94.6 Å². The third kappa shape index (κ3) is 3.64. The van der Waals surface area contributed by atoms with E-state index in [4.69, 9.17) is 15.6 Å². The van der Waals surface area contributed by atoms with E-state index >= 15 is 0 Å². The first-order valence-corrected chi connectivity index (χ1v) is 5.76. The maximum Gasteiger partial charge on any atom is 0.120 e. The number of methoxy groups -OCH3 is 1. The Morgan fingerprint density at radius 2 is 2.27 bits per heavy atom. The van der Waals surface area contributed by atoms with Crippen molar-refractivity contribution in [2.75, 3.05) is 19.5 Å². The summed E-state index contributed by atoms with van der Waals surface area (Å²) in [5, 5.41) is 9.17. The molecule has 0 saturated carbocycles. The third-order valence-corrected chi connectivity index (χ3v) is 3.34. The molecule has 1 rings (SSSR count). The molecule has 0 fully saturated rings. The largest absolute Gasteiger partial charge is 0.497 e. The predicted octanol–water partition coefficient (Wildman–Crippen LogP) is 2.14. The van der Waals surface area contributed by atoms with Crippen LogP contribution in [0.15, 0.2) is 23.1 Å². The van der Waals surface area contributed by atoms with Gasteiger partial charge in [-0.05, 0) is 18.6 Å². The lowest BCUT2D eigenvalue weighted by Crippen LogP contribution is -2.00. The van der Waals surface area contributed by atoms with Crippen molar-refractivity contribution in [1.29, 1.82) is 0 Å². The van der Waals surface area contributed by atoms with Crippen LogP contribution in [0.25, 0.3) is 0 Å². The predicted molar refractivity (Wildman–Crippen MR) is 64.4 cm³/mol. The fraction of sp³-hybridized carbons (Fsp3) is 0.455. The fourth-order valence-electron chi connectivity index (χ4n) is 1.22. The average Bonchev–Trinajstić information content (AvgIpc) is 2.21. The molecule has 1 unspecified atom stereocenters. The number of benzene rings is 1. The average molecular weight is 227 g/mol. The van der Waals surface area contributed by atoms with Crippen LogP contribution in [0, 0.1) is 0 Å². The molecule has 0 heterocycles. The Balaban J connectivity index is 2.69. The number of rotatable bonds is 5. The molecular weight excluding hydrogens is 210 g/mol. The molecule has 0 radical (unpaired) electrons. The van der Waals surface area contributed by atoms with Gasteiger partial charge >= 0.3 is 0 Å². The first kappa shape index (κ1) is 12.2. The number of hydrogen-bond donors (Lipinski definition) is 2. The molecule has 84 valence electrons. The van der Waals surface area contributed by atoms with Crippen LogP contribution in [-0.4, -0.2) is 24.1 Å². The first-order chi connectivity index (χ1) is 7.17. The van der Waals surface area contributed by atoms with Crippen LogP contribution < -0.4 is 10.5 Å². The minimum Gasteiger partial charge on any atom is -0.497 e. The lowest BCUT2D eigenvalue weighted by atomic mass is 10.3. The zero-order valence-corrected chi connectivity index (χ0v) is 9.88. The topological polar surface area (TPSA) is 55.5 Å². The molecule has 3 nitrogen and oxygen atoms in total. The van der Waals surface area contributed by atoms with Crippen molar-refractivity contribution in [3.05, 3.63) is 18.2 Å². The highest BCUT2D eigenvalue weighted by molar-refractivity contribution is 8.00. The number of aliphatic hydroxyl groups is 1. The van der Waals surface area contributed by atoms with E-state index < -0.39 is 0 Å². The highest BCUT2D eigenvalue weighted by Crippen LogP contribution is 2.32. The van der Waals surface area contributed by atoms with Gasteiger partial charge in [-0.25, -0.2) is 0 Å². The molecule has 3 N–H and O–H groups in total. The van der Waals surface area contributed by atoms with Gasteiger partial charge in [0, 0.05) is 28.5 Å². The molecule has 0 saturated heterocycles. The van der Waals surface area contributed by atoms with Gasteiger partial charge in [0.1, 0.15) is 5.75 Å². The van der Waals surface area contributed by atoms with Gasteiger partial charge in [0.05, 0.1) is 7.11 Å². The minimum atomic E-state index is 0.213. The van der Waals surface area contributed by atoms with E-state index in [-0.39, 0.29) is 6.61 Å². The summed E-state index contributed by atoms with van der Waals surface area (Å²) in [6.45, 7) is 2.29. The Hall–Kier alpha value is -0.870. The Bertz CT molecular complexity index is 317. The molecule has 0 spiro atoms. The monoisotopic (exact) mass is 227 g/mol. The summed E-state index contributed by atoms with van der Waals surface area (Å²) in [7, 11) is 1.62. The van der Waals surface area contributed by atoms with Crippen molar-refractivity contribution >= 4 is 17.4 Å². The molecule has 4 heteroatoms. The third-order valence-electron chi connectivity index (χ3n) is 2.08. The summed E-state index contributed by atoms with van der Waals surface area (Å²) in [6.07, 6.45) is 0.774. The summed E-state index contributed by atoms with van der Waals surface area (Å²) in [5.74, 6) is 0.770. The van der Waals surface area contributed by atoms with Crippen LogP contribution in [0.4, 0.5) is 5.69 Å². The van der Waals surface area contributed by atoms with Gasteiger partial charge in [0.2, 0.25) is 0 Å². The molecule has 0 amide bonds. The summed E-state index contributed by atoms with van der Waals surface area (Å²) in [6, 6.07) is 5.66. The zero-order chi connectivity index (χ0) is 11.3. The summed E-state index contributed by atoms with van der Waals surface area (Å²) in [4.78, 5) is 1.04. The molecule has 1 aromatic carbocycles. The molecule has 0 aliphatic carbocycles. The van der Waals surface area contributed by atoms with Crippen LogP contribution in [0.3, 0.4) is 0 Å². The molecule has 0 aliphatic heterocycles. The van der Waals surface area contributed by atoms with Gasteiger partial charge in [-0.15, -0.1) is 11.8 Å². The van der Waals surface area contributed by atoms with Crippen molar-refractivity contribution in [3.8, 4) is 5.75 Å². The van der Waals surface area contributed by atoms with Crippen molar-refractivity contribution in [3.63, 3.8) is 0 Å². The SMILES string of the molecule is COc1ccc(SC(C)CCO)c(N)c1.